The lowest BCUT2D eigenvalue weighted by Gasteiger charge is -2.30. The number of nitrogens with one attached hydrogen (secondary N) is 1. The molecule has 1 aliphatic rings. The summed E-state index contributed by atoms with van der Waals surface area (Å²) in [7, 11) is 0. The highest BCUT2D eigenvalue weighted by Crippen LogP contribution is 2.26. The monoisotopic (exact) mass is 347 g/mol. The van der Waals surface area contributed by atoms with E-state index < -0.39 is 0 Å². The number of ether oxygens (including phenoxy) is 1. The van der Waals surface area contributed by atoms with E-state index in [9.17, 15) is 9.59 Å². The Morgan fingerprint density at radius 2 is 1.96 bits per heavy atom. The number of hydrogen-bond acceptors (Lipinski definition) is 4. The zero-order valence-corrected chi connectivity index (χ0v) is 15.5. The van der Waals surface area contributed by atoms with Gasteiger partial charge in [-0.05, 0) is 25.5 Å². The molecule has 0 bridgehead atoms. The van der Waals surface area contributed by atoms with Gasteiger partial charge in [0.05, 0.1) is 24.6 Å². The number of benzene rings is 1. The third-order valence-corrected chi connectivity index (χ3v) is 4.64. The van der Waals surface area contributed by atoms with Crippen LogP contribution in [0.3, 0.4) is 0 Å². The van der Waals surface area contributed by atoms with Gasteiger partial charge in [0.1, 0.15) is 0 Å². The minimum Gasteiger partial charge on any atom is -0.378 e. The van der Waals surface area contributed by atoms with E-state index in [0.717, 1.165) is 30.9 Å². The van der Waals surface area contributed by atoms with Gasteiger partial charge in [-0.3, -0.25) is 9.59 Å². The average molecular weight is 347 g/mol. The highest BCUT2D eigenvalue weighted by molar-refractivity contribution is 5.94. The molecule has 1 aliphatic heterocycles. The van der Waals surface area contributed by atoms with Gasteiger partial charge >= 0.3 is 0 Å². The number of amides is 2. The van der Waals surface area contributed by atoms with E-state index in [1.165, 1.54) is 0 Å². The zero-order valence-electron chi connectivity index (χ0n) is 15.5. The van der Waals surface area contributed by atoms with Gasteiger partial charge in [0, 0.05) is 39.0 Å². The first kappa shape index (κ1) is 19.2. The van der Waals surface area contributed by atoms with Crippen molar-refractivity contribution in [2.75, 3.05) is 43.1 Å². The van der Waals surface area contributed by atoms with E-state index in [4.69, 9.17) is 4.74 Å². The van der Waals surface area contributed by atoms with Crippen molar-refractivity contribution >= 4 is 23.2 Å². The molecule has 6 heteroatoms. The fourth-order valence-corrected chi connectivity index (χ4v) is 3.00. The van der Waals surface area contributed by atoms with Gasteiger partial charge < -0.3 is 19.9 Å². The Balaban J connectivity index is 1.97. The first-order chi connectivity index (χ1) is 12.0. The molecule has 25 heavy (non-hydrogen) atoms. The predicted octanol–water partition coefficient (Wildman–Crippen LogP) is 2.50. The van der Waals surface area contributed by atoms with E-state index in [1.54, 1.807) is 11.8 Å². The number of carbonyl (C=O) groups excluding carboxylic acids is 2. The maximum atomic E-state index is 12.4. The van der Waals surface area contributed by atoms with Crippen LogP contribution < -0.4 is 10.2 Å². The molecule has 0 aliphatic carbocycles. The Kier molecular flexibility index (Phi) is 7.25. The molecular formula is C19H29N3O3. The van der Waals surface area contributed by atoms with Gasteiger partial charge in [0.15, 0.2) is 0 Å². The molecule has 2 amide bonds. The molecule has 0 spiro atoms. The largest absolute Gasteiger partial charge is 0.378 e. The van der Waals surface area contributed by atoms with Crippen LogP contribution in [0.1, 0.15) is 33.6 Å². The number of rotatable bonds is 7. The molecule has 6 nitrogen and oxygen atoms in total. The van der Waals surface area contributed by atoms with Crippen molar-refractivity contribution in [1.82, 2.24) is 4.90 Å². The molecule has 1 heterocycles. The van der Waals surface area contributed by atoms with E-state index >= 15 is 0 Å². The Bertz CT molecular complexity index is 585. The molecule has 1 unspecified atom stereocenters. The SMILES string of the molecule is CCC(C)N(CCC(=O)Nc1ccccc1N1CCOCC1)C(C)=O. The number of carbonyl (C=O) groups is 2. The maximum Gasteiger partial charge on any atom is 0.226 e. The molecule has 1 N–H and O–H groups in total. The zero-order chi connectivity index (χ0) is 18.2. The second-order valence-corrected chi connectivity index (χ2v) is 6.38. The van der Waals surface area contributed by atoms with Crippen molar-refractivity contribution in [3.05, 3.63) is 24.3 Å². The molecule has 1 fully saturated rings. The molecule has 2 rings (SSSR count). The quantitative estimate of drug-likeness (QED) is 0.823. The highest BCUT2D eigenvalue weighted by atomic mass is 16.5. The molecule has 1 saturated heterocycles. The molecule has 1 aromatic rings. The summed E-state index contributed by atoms with van der Waals surface area (Å²) in [5.74, 6) is -0.0638. The minimum atomic E-state index is -0.0738. The highest BCUT2D eigenvalue weighted by Gasteiger charge is 2.18. The van der Waals surface area contributed by atoms with Crippen LogP contribution in [-0.4, -0.2) is 55.6 Å². The Labute approximate surface area is 150 Å². The third kappa shape index (κ3) is 5.46. The van der Waals surface area contributed by atoms with Gasteiger partial charge in [0.25, 0.3) is 0 Å². The fourth-order valence-electron chi connectivity index (χ4n) is 3.00. The predicted molar refractivity (Wildman–Crippen MR) is 99.9 cm³/mol. The van der Waals surface area contributed by atoms with Gasteiger partial charge in [-0.15, -0.1) is 0 Å². The van der Waals surface area contributed by atoms with Gasteiger partial charge in [0.2, 0.25) is 11.8 Å². The second-order valence-electron chi connectivity index (χ2n) is 6.38. The van der Waals surface area contributed by atoms with Crippen molar-refractivity contribution in [2.45, 2.75) is 39.7 Å². The topological polar surface area (TPSA) is 61.9 Å². The molecule has 138 valence electrons. The molecule has 0 radical (unpaired) electrons. The van der Waals surface area contributed by atoms with Crippen LogP contribution in [0, 0.1) is 0 Å². The van der Waals surface area contributed by atoms with Crippen molar-refractivity contribution in [3.63, 3.8) is 0 Å². The summed E-state index contributed by atoms with van der Waals surface area (Å²) >= 11 is 0. The first-order valence-corrected chi connectivity index (χ1v) is 9.01. The van der Waals surface area contributed by atoms with Crippen LogP contribution in [0.5, 0.6) is 0 Å². The van der Waals surface area contributed by atoms with Crippen LogP contribution in [0.25, 0.3) is 0 Å². The smallest absolute Gasteiger partial charge is 0.226 e. The lowest BCUT2D eigenvalue weighted by Crippen LogP contribution is -2.39. The van der Waals surface area contributed by atoms with Crippen molar-refractivity contribution in [3.8, 4) is 0 Å². The molecular weight excluding hydrogens is 318 g/mol. The number of anilines is 2. The van der Waals surface area contributed by atoms with Crippen LogP contribution in [0.4, 0.5) is 11.4 Å². The van der Waals surface area contributed by atoms with E-state index in [0.29, 0.717) is 26.2 Å². The van der Waals surface area contributed by atoms with Crippen molar-refractivity contribution < 1.29 is 14.3 Å². The summed E-state index contributed by atoms with van der Waals surface area (Å²) in [5.41, 5.74) is 1.83. The summed E-state index contributed by atoms with van der Waals surface area (Å²) in [6.07, 6.45) is 1.17. The van der Waals surface area contributed by atoms with E-state index in [2.05, 4.69) is 10.2 Å². The standard InChI is InChI=1S/C19H29N3O3/c1-4-15(2)22(16(3)23)10-9-19(24)20-17-7-5-6-8-18(17)21-11-13-25-14-12-21/h5-8,15H,4,9-14H2,1-3H3,(H,20,24). The molecule has 1 atom stereocenters. The van der Waals surface area contributed by atoms with Crippen LogP contribution in [0.2, 0.25) is 0 Å². The number of hydrogen-bond donors (Lipinski definition) is 1. The Morgan fingerprint density at radius 1 is 1.28 bits per heavy atom. The summed E-state index contributed by atoms with van der Waals surface area (Å²) in [6.45, 7) is 9.08. The number of morpholine rings is 1. The van der Waals surface area contributed by atoms with E-state index in [-0.39, 0.29) is 17.9 Å². The third-order valence-electron chi connectivity index (χ3n) is 4.64. The summed E-state index contributed by atoms with van der Waals surface area (Å²) in [6, 6.07) is 7.97. The fraction of sp³-hybridized carbons (Fsp3) is 0.579. The summed E-state index contributed by atoms with van der Waals surface area (Å²) < 4.78 is 5.40. The van der Waals surface area contributed by atoms with Crippen LogP contribution in [-0.2, 0) is 14.3 Å². The first-order valence-electron chi connectivity index (χ1n) is 9.01. The average Bonchev–Trinajstić information content (AvgIpc) is 2.62. The minimum absolute atomic E-state index is 0.0101. The van der Waals surface area contributed by atoms with Gasteiger partial charge in [-0.2, -0.15) is 0 Å². The summed E-state index contributed by atoms with van der Waals surface area (Å²) in [4.78, 5) is 28.1. The maximum absolute atomic E-state index is 12.4. The lowest BCUT2D eigenvalue weighted by atomic mass is 10.2. The van der Waals surface area contributed by atoms with E-state index in [1.807, 2.05) is 38.1 Å². The second kappa shape index (κ2) is 9.42. The Hall–Kier alpha value is -2.08. The number of para-hydroxylation sites is 2. The Morgan fingerprint density at radius 3 is 2.60 bits per heavy atom. The number of nitrogens with zero attached hydrogens (tertiary/aromatic N) is 2. The summed E-state index contributed by atoms with van der Waals surface area (Å²) in [5, 5.41) is 3.00. The molecule has 1 aromatic carbocycles. The van der Waals surface area contributed by atoms with Gasteiger partial charge in [-0.25, -0.2) is 0 Å². The van der Waals surface area contributed by atoms with Crippen LogP contribution >= 0.6 is 0 Å². The lowest BCUT2D eigenvalue weighted by molar-refractivity contribution is -0.131. The van der Waals surface area contributed by atoms with Gasteiger partial charge in [-0.1, -0.05) is 19.1 Å². The van der Waals surface area contributed by atoms with Crippen molar-refractivity contribution in [1.29, 1.82) is 0 Å². The van der Waals surface area contributed by atoms with Crippen LogP contribution in [0.15, 0.2) is 24.3 Å². The molecule has 0 aromatic heterocycles. The molecule has 0 saturated carbocycles. The van der Waals surface area contributed by atoms with Crippen molar-refractivity contribution in [2.24, 2.45) is 0 Å². The normalized spacial score (nSPS) is 15.6.